The topological polar surface area (TPSA) is 117 Å². The third-order valence-corrected chi connectivity index (χ3v) is 4.70. The van der Waals surface area contributed by atoms with E-state index in [-0.39, 0.29) is 12.3 Å². The van der Waals surface area contributed by atoms with Crippen LogP contribution in [-0.4, -0.2) is 53.2 Å². The molecule has 184 valence electrons. The Labute approximate surface area is 200 Å². The number of rotatable bonds is 8. The molecule has 1 atom stereocenters. The summed E-state index contributed by atoms with van der Waals surface area (Å²) < 4.78 is 10.3. The second-order valence-corrected chi connectivity index (χ2v) is 8.97. The lowest BCUT2D eigenvalue weighted by molar-refractivity contribution is -0.140. The van der Waals surface area contributed by atoms with E-state index in [9.17, 15) is 19.5 Å². The van der Waals surface area contributed by atoms with Crippen LogP contribution in [-0.2, 0) is 14.3 Å². The number of nitrogens with zero attached hydrogens (tertiary/aromatic N) is 1. The molecule has 0 saturated heterocycles. The van der Waals surface area contributed by atoms with Crippen LogP contribution in [0.15, 0.2) is 48.5 Å². The van der Waals surface area contributed by atoms with Crippen molar-refractivity contribution in [2.75, 3.05) is 19.0 Å². The number of methoxy groups -OCH3 is 1. The van der Waals surface area contributed by atoms with Crippen molar-refractivity contribution in [2.45, 2.75) is 52.3 Å². The Morgan fingerprint density at radius 3 is 2.24 bits per heavy atom. The number of alkyl carbamates (subject to hydrolysis) is 1. The Kier molecular flexibility index (Phi) is 8.89. The van der Waals surface area contributed by atoms with Gasteiger partial charge in [0.25, 0.3) is 5.91 Å². The average molecular weight is 472 g/mol. The van der Waals surface area contributed by atoms with Crippen molar-refractivity contribution >= 4 is 23.6 Å². The summed E-state index contributed by atoms with van der Waals surface area (Å²) in [4.78, 5) is 40.0. The van der Waals surface area contributed by atoms with E-state index in [1.807, 2.05) is 0 Å². The summed E-state index contributed by atoms with van der Waals surface area (Å²) in [5.41, 5.74) is 0.219. The Morgan fingerprint density at radius 1 is 1.06 bits per heavy atom. The minimum Gasteiger partial charge on any atom is -0.508 e. The van der Waals surface area contributed by atoms with Gasteiger partial charge in [-0.25, -0.2) is 4.79 Å². The summed E-state index contributed by atoms with van der Waals surface area (Å²) in [5, 5.41) is 15.3. The first-order valence-electron chi connectivity index (χ1n) is 10.9. The number of nitrogens with one attached hydrogen (secondary N) is 2. The van der Waals surface area contributed by atoms with Gasteiger partial charge >= 0.3 is 6.09 Å². The molecule has 0 heterocycles. The molecule has 2 aromatic rings. The molecule has 0 bridgehead atoms. The lowest BCUT2D eigenvalue weighted by Gasteiger charge is -2.34. The molecular weight excluding hydrogens is 438 g/mol. The quantitative estimate of drug-likeness (QED) is 0.539. The number of hydrogen-bond acceptors (Lipinski definition) is 6. The molecule has 0 aliphatic heterocycles. The highest BCUT2D eigenvalue weighted by Crippen LogP contribution is 2.28. The van der Waals surface area contributed by atoms with Gasteiger partial charge in [-0.1, -0.05) is 12.1 Å². The standard InChI is InChI=1S/C25H33N3O6/c1-16(2)28(21(30)15-26-24(32)34-25(3,4)5)22(17-8-7-9-19(29)14-17)23(31)27-18-10-12-20(33-6)13-11-18/h7-14,16,22,29H,15H2,1-6H3,(H,26,32)(H,27,31). The monoisotopic (exact) mass is 471 g/mol. The van der Waals surface area contributed by atoms with Crippen molar-refractivity contribution < 1.29 is 29.0 Å². The molecule has 1 unspecified atom stereocenters. The average Bonchev–Trinajstić information content (AvgIpc) is 2.74. The minimum absolute atomic E-state index is 0.0391. The zero-order valence-corrected chi connectivity index (χ0v) is 20.4. The highest BCUT2D eigenvalue weighted by Gasteiger charge is 2.34. The lowest BCUT2D eigenvalue weighted by atomic mass is 10.0. The number of benzene rings is 2. The van der Waals surface area contributed by atoms with Crippen LogP contribution in [0.4, 0.5) is 10.5 Å². The molecule has 3 N–H and O–H groups in total. The van der Waals surface area contributed by atoms with Crippen molar-refractivity contribution in [3.05, 3.63) is 54.1 Å². The molecule has 0 aromatic heterocycles. The fraction of sp³-hybridized carbons (Fsp3) is 0.400. The van der Waals surface area contributed by atoms with E-state index in [0.717, 1.165) is 0 Å². The van der Waals surface area contributed by atoms with Crippen molar-refractivity contribution in [3.8, 4) is 11.5 Å². The van der Waals surface area contributed by atoms with E-state index in [0.29, 0.717) is 17.0 Å². The molecule has 0 radical (unpaired) electrons. The molecular formula is C25H33N3O6. The van der Waals surface area contributed by atoms with Crippen LogP contribution in [0.5, 0.6) is 11.5 Å². The van der Waals surface area contributed by atoms with Crippen LogP contribution in [0.2, 0.25) is 0 Å². The van der Waals surface area contributed by atoms with Crippen molar-refractivity contribution in [3.63, 3.8) is 0 Å². The Morgan fingerprint density at radius 2 is 1.71 bits per heavy atom. The molecule has 3 amide bonds. The number of carbonyl (C=O) groups excluding carboxylic acids is 3. The number of ether oxygens (including phenoxy) is 2. The molecule has 2 aromatic carbocycles. The third kappa shape index (κ3) is 7.68. The molecule has 0 spiro atoms. The predicted molar refractivity (Wildman–Crippen MR) is 129 cm³/mol. The van der Waals surface area contributed by atoms with Gasteiger partial charge in [0.15, 0.2) is 0 Å². The summed E-state index contributed by atoms with van der Waals surface area (Å²) in [7, 11) is 1.54. The molecule has 0 aliphatic rings. The Bertz CT molecular complexity index is 998. The van der Waals surface area contributed by atoms with Gasteiger partial charge in [0.1, 0.15) is 29.7 Å². The Hall–Kier alpha value is -3.75. The van der Waals surface area contributed by atoms with Gasteiger partial charge in [0.05, 0.1) is 7.11 Å². The van der Waals surface area contributed by atoms with Crippen LogP contribution in [0.3, 0.4) is 0 Å². The van der Waals surface area contributed by atoms with Crippen molar-refractivity contribution in [2.24, 2.45) is 0 Å². The first-order chi connectivity index (χ1) is 15.9. The van der Waals surface area contributed by atoms with Crippen LogP contribution in [0, 0.1) is 0 Å². The third-order valence-electron chi connectivity index (χ3n) is 4.70. The van der Waals surface area contributed by atoms with Crippen LogP contribution in [0.1, 0.15) is 46.2 Å². The van der Waals surface area contributed by atoms with Gasteiger partial charge < -0.3 is 30.1 Å². The molecule has 2 rings (SSSR count). The second kappa shape index (κ2) is 11.4. The van der Waals surface area contributed by atoms with E-state index in [1.165, 1.54) is 17.0 Å². The maximum Gasteiger partial charge on any atom is 0.408 e. The maximum absolute atomic E-state index is 13.4. The van der Waals surface area contributed by atoms with E-state index < -0.39 is 35.6 Å². The zero-order chi connectivity index (χ0) is 25.5. The normalized spacial score (nSPS) is 12.0. The summed E-state index contributed by atoms with van der Waals surface area (Å²) >= 11 is 0. The highest BCUT2D eigenvalue weighted by molar-refractivity contribution is 5.98. The molecule has 9 heteroatoms. The van der Waals surface area contributed by atoms with E-state index in [4.69, 9.17) is 9.47 Å². The van der Waals surface area contributed by atoms with Gasteiger partial charge in [-0.3, -0.25) is 9.59 Å². The largest absolute Gasteiger partial charge is 0.508 e. The summed E-state index contributed by atoms with van der Waals surface area (Å²) in [6.45, 7) is 8.32. The van der Waals surface area contributed by atoms with Gasteiger partial charge in [-0.15, -0.1) is 0 Å². The van der Waals surface area contributed by atoms with Crippen molar-refractivity contribution in [1.82, 2.24) is 10.2 Å². The second-order valence-electron chi connectivity index (χ2n) is 8.97. The molecule has 0 saturated carbocycles. The predicted octanol–water partition coefficient (Wildman–Crippen LogP) is 3.84. The van der Waals surface area contributed by atoms with Gasteiger partial charge in [-0.05, 0) is 76.6 Å². The SMILES string of the molecule is COc1ccc(NC(=O)C(c2cccc(O)c2)N(C(=O)CNC(=O)OC(C)(C)C)C(C)C)cc1. The van der Waals surface area contributed by atoms with Crippen LogP contribution < -0.4 is 15.4 Å². The first kappa shape index (κ1) is 26.5. The summed E-state index contributed by atoms with van der Waals surface area (Å²) in [6.07, 6.45) is -0.735. The number of anilines is 1. The van der Waals surface area contributed by atoms with Crippen LogP contribution >= 0.6 is 0 Å². The summed E-state index contributed by atoms with van der Waals surface area (Å²) in [6, 6.07) is 11.5. The number of aromatic hydroxyl groups is 1. The maximum atomic E-state index is 13.4. The van der Waals surface area contributed by atoms with E-state index in [2.05, 4.69) is 10.6 Å². The fourth-order valence-electron chi connectivity index (χ4n) is 3.30. The van der Waals surface area contributed by atoms with Gasteiger partial charge in [0, 0.05) is 11.7 Å². The zero-order valence-electron chi connectivity index (χ0n) is 20.4. The Balaban J connectivity index is 2.32. The van der Waals surface area contributed by atoms with Crippen LogP contribution in [0.25, 0.3) is 0 Å². The number of phenols is 1. The fourth-order valence-corrected chi connectivity index (χ4v) is 3.30. The van der Waals surface area contributed by atoms with Gasteiger partial charge in [-0.2, -0.15) is 0 Å². The van der Waals surface area contributed by atoms with E-state index >= 15 is 0 Å². The number of hydrogen-bond donors (Lipinski definition) is 3. The lowest BCUT2D eigenvalue weighted by Crippen LogP contribution is -2.49. The summed E-state index contributed by atoms with van der Waals surface area (Å²) in [5.74, 6) is -0.369. The molecule has 0 fully saturated rings. The van der Waals surface area contributed by atoms with Gasteiger partial charge in [0.2, 0.25) is 5.91 Å². The number of phenolic OH excluding ortho intramolecular Hbond substituents is 1. The minimum atomic E-state index is -1.07. The smallest absolute Gasteiger partial charge is 0.408 e. The molecule has 0 aliphatic carbocycles. The molecule has 9 nitrogen and oxygen atoms in total. The number of carbonyl (C=O) groups is 3. The number of amides is 3. The van der Waals surface area contributed by atoms with Crippen molar-refractivity contribution in [1.29, 1.82) is 0 Å². The molecule has 34 heavy (non-hydrogen) atoms. The first-order valence-corrected chi connectivity index (χ1v) is 10.9. The highest BCUT2D eigenvalue weighted by atomic mass is 16.6. The van der Waals surface area contributed by atoms with E-state index in [1.54, 1.807) is 78.1 Å².